The highest BCUT2D eigenvalue weighted by molar-refractivity contribution is 7.92. The first kappa shape index (κ1) is 21.4. The summed E-state index contributed by atoms with van der Waals surface area (Å²) in [7, 11) is -2.13. The number of carbonyl (C=O) groups is 1. The Morgan fingerprint density at radius 1 is 1.17 bits per heavy atom. The van der Waals surface area contributed by atoms with Crippen molar-refractivity contribution in [3.05, 3.63) is 52.1 Å². The third kappa shape index (κ3) is 4.98. The van der Waals surface area contributed by atoms with Crippen LogP contribution in [0.1, 0.15) is 23.2 Å². The summed E-state index contributed by atoms with van der Waals surface area (Å²) in [6, 6.07) is 8.82. The van der Waals surface area contributed by atoms with E-state index in [1.165, 1.54) is 31.4 Å². The van der Waals surface area contributed by atoms with Gasteiger partial charge in [-0.25, -0.2) is 8.42 Å². The van der Waals surface area contributed by atoms with Crippen LogP contribution in [-0.2, 0) is 10.0 Å². The van der Waals surface area contributed by atoms with Gasteiger partial charge in [0.25, 0.3) is 11.6 Å². The number of carbonyl (C=O) groups excluding carboxylic acids is 1. The van der Waals surface area contributed by atoms with E-state index in [4.69, 9.17) is 4.74 Å². The van der Waals surface area contributed by atoms with Crippen LogP contribution in [0.2, 0.25) is 0 Å². The number of nitrogens with one attached hydrogen (secondary N) is 2. The fourth-order valence-corrected chi connectivity index (χ4v) is 3.86. The van der Waals surface area contributed by atoms with Crippen molar-refractivity contribution < 1.29 is 22.9 Å². The van der Waals surface area contributed by atoms with Gasteiger partial charge in [-0.1, -0.05) is 0 Å². The lowest BCUT2D eigenvalue weighted by Crippen LogP contribution is -2.20. The van der Waals surface area contributed by atoms with E-state index in [9.17, 15) is 23.3 Å². The van der Waals surface area contributed by atoms with E-state index in [1.807, 2.05) is 4.90 Å². The van der Waals surface area contributed by atoms with Crippen LogP contribution in [0, 0.1) is 10.1 Å². The van der Waals surface area contributed by atoms with Crippen molar-refractivity contribution in [3.8, 4) is 5.75 Å². The van der Waals surface area contributed by atoms with Crippen molar-refractivity contribution in [2.45, 2.75) is 12.8 Å². The molecule has 11 heteroatoms. The molecule has 0 aliphatic carbocycles. The van der Waals surface area contributed by atoms with Crippen LogP contribution < -0.4 is 19.7 Å². The topological polar surface area (TPSA) is 131 Å². The average Bonchev–Trinajstić information content (AvgIpc) is 3.22. The van der Waals surface area contributed by atoms with Crippen molar-refractivity contribution in [2.24, 2.45) is 0 Å². The number of sulfonamides is 1. The molecule has 1 fully saturated rings. The molecule has 0 bridgehead atoms. The van der Waals surface area contributed by atoms with Crippen molar-refractivity contribution in [1.82, 2.24) is 0 Å². The maximum absolute atomic E-state index is 12.6. The van der Waals surface area contributed by atoms with Gasteiger partial charge in [-0.15, -0.1) is 0 Å². The van der Waals surface area contributed by atoms with E-state index in [0.29, 0.717) is 11.4 Å². The molecule has 0 atom stereocenters. The van der Waals surface area contributed by atoms with Crippen LogP contribution in [0.5, 0.6) is 5.75 Å². The molecule has 2 aromatic carbocycles. The molecule has 160 valence electrons. The second-order valence-electron chi connectivity index (χ2n) is 6.90. The molecule has 2 N–H and O–H groups in total. The zero-order valence-corrected chi connectivity index (χ0v) is 17.4. The number of rotatable bonds is 7. The Labute approximate surface area is 174 Å². The van der Waals surface area contributed by atoms with E-state index < -0.39 is 20.9 Å². The number of anilines is 3. The predicted octanol–water partition coefficient (Wildman–Crippen LogP) is 2.83. The molecule has 0 spiro atoms. The SMILES string of the molecule is COc1cc(NC(=O)c2ccc(N3CCCC3)c([N+](=O)[O-])c2)ccc1NS(C)(=O)=O. The molecule has 1 saturated heterocycles. The summed E-state index contributed by atoms with van der Waals surface area (Å²) in [5.41, 5.74) is 1.11. The van der Waals surface area contributed by atoms with Crippen LogP contribution >= 0.6 is 0 Å². The molecule has 1 aliphatic rings. The first-order chi connectivity index (χ1) is 14.2. The summed E-state index contributed by atoms with van der Waals surface area (Å²) >= 11 is 0. The normalized spacial score (nSPS) is 13.7. The number of amides is 1. The third-order valence-electron chi connectivity index (χ3n) is 4.64. The number of hydrogen-bond donors (Lipinski definition) is 2. The van der Waals surface area contributed by atoms with E-state index >= 15 is 0 Å². The quantitative estimate of drug-likeness (QED) is 0.506. The molecule has 1 heterocycles. The Balaban J connectivity index is 1.83. The van der Waals surface area contributed by atoms with Gasteiger partial charge in [0.1, 0.15) is 11.4 Å². The number of methoxy groups -OCH3 is 1. The molecule has 0 unspecified atom stereocenters. The summed E-state index contributed by atoms with van der Waals surface area (Å²) in [6.07, 6.45) is 2.97. The van der Waals surface area contributed by atoms with Crippen LogP contribution in [0.25, 0.3) is 0 Å². The summed E-state index contributed by atoms with van der Waals surface area (Å²) in [5, 5.41) is 14.2. The van der Waals surface area contributed by atoms with Gasteiger partial charge in [0.15, 0.2) is 0 Å². The molecule has 30 heavy (non-hydrogen) atoms. The van der Waals surface area contributed by atoms with Gasteiger partial charge in [0.2, 0.25) is 10.0 Å². The lowest BCUT2D eigenvalue weighted by atomic mass is 10.1. The second-order valence-corrected chi connectivity index (χ2v) is 8.65. The minimum atomic E-state index is -3.50. The standard InChI is InChI=1S/C19H22N4O6S/c1-29-18-12-14(6-7-15(18)21-30(2,27)28)20-19(24)13-5-8-16(17(11-13)23(25)26)22-9-3-4-10-22/h5-8,11-12,21H,3-4,9-10H2,1-2H3,(H,20,24). The van der Waals surface area contributed by atoms with E-state index in [1.54, 1.807) is 12.1 Å². The van der Waals surface area contributed by atoms with Gasteiger partial charge < -0.3 is 15.0 Å². The molecule has 3 rings (SSSR count). The summed E-state index contributed by atoms with van der Waals surface area (Å²) in [4.78, 5) is 25.6. The summed E-state index contributed by atoms with van der Waals surface area (Å²) in [5.74, 6) is -0.314. The number of ether oxygens (including phenoxy) is 1. The monoisotopic (exact) mass is 434 g/mol. The first-order valence-corrected chi connectivity index (χ1v) is 11.1. The van der Waals surface area contributed by atoms with E-state index in [-0.39, 0.29) is 22.7 Å². The zero-order chi connectivity index (χ0) is 21.9. The highest BCUT2D eigenvalue weighted by atomic mass is 32.2. The molecule has 0 aromatic heterocycles. The number of hydrogen-bond acceptors (Lipinski definition) is 7. The Bertz CT molecular complexity index is 1080. The molecule has 1 aliphatic heterocycles. The number of nitro benzene ring substituents is 1. The summed E-state index contributed by atoms with van der Waals surface area (Å²) < 4.78 is 30.4. The smallest absolute Gasteiger partial charge is 0.293 e. The molecule has 2 aromatic rings. The van der Waals surface area contributed by atoms with E-state index in [2.05, 4.69) is 10.0 Å². The largest absolute Gasteiger partial charge is 0.494 e. The van der Waals surface area contributed by atoms with Crippen molar-refractivity contribution in [2.75, 3.05) is 41.4 Å². The number of nitrogens with zero attached hydrogens (tertiary/aromatic N) is 2. The Hall–Kier alpha value is -3.34. The van der Waals surface area contributed by atoms with Crippen LogP contribution in [-0.4, -0.2) is 45.7 Å². The van der Waals surface area contributed by atoms with Crippen molar-refractivity contribution >= 4 is 38.7 Å². The van der Waals surface area contributed by atoms with Crippen LogP contribution in [0.3, 0.4) is 0 Å². The highest BCUT2D eigenvalue weighted by Crippen LogP contribution is 2.32. The second kappa shape index (κ2) is 8.57. The number of nitro groups is 1. The van der Waals surface area contributed by atoms with Gasteiger partial charge in [0.05, 0.1) is 24.0 Å². The highest BCUT2D eigenvalue weighted by Gasteiger charge is 2.24. The molecule has 1 amide bonds. The van der Waals surface area contributed by atoms with Gasteiger partial charge in [-0.3, -0.25) is 19.6 Å². The maximum Gasteiger partial charge on any atom is 0.293 e. The fourth-order valence-electron chi connectivity index (χ4n) is 3.29. The Kier molecular flexibility index (Phi) is 6.11. The van der Waals surface area contributed by atoms with Gasteiger partial charge in [-0.05, 0) is 37.1 Å². The fraction of sp³-hybridized carbons (Fsp3) is 0.316. The summed E-state index contributed by atoms with van der Waals surface area (Å²) in [6.45, 7) is 1.50. The Morgan fingerprint density at radius 2 is 1.87 bits per heavy atom. The van der Waals surface area contributed by atoms with Crippen LogP contribution in [0.4, 0.5) is 22.7 Å². The third-order valence-corrected chi connectivity index (χ3v) is 5.23. The zero-order valence-electron chi connectivity index (χ0n) is 16.5. The van der Waals surface area contributed by atoms with Gasteiger partial charge >= 0.3 is 0 Å². The molecular weight excluding hydrogens is 412 g/mol. The minimum Gasteiger partial charge on any atom is -0.494 e. The van der Waals surface area contributed by atoms with Gasteiger partial charge in [-0.2, -0.15) is 0 Å². The Morgan fingerprint density at radius 3 is 2.47 bits per heavy atom. The van der Waals surface area contributed by atoms with Crippen molar-refractivity contribution in [3.63, 3.8) is 0 Å². The van der Waals surface area contributed by atoms with Crippen molar-refractivity contribution in [1.29, 1.82) is 0 Å². The average molecular weight is 434 g/mol. The predicted molar refractivity (Wildman–Crippen MR) is 114 cm³/mol. The maximum atomic E-state index is 12.6. The molecule has 10 nitrogen and oxygen atoms in total. The van der Waals surface area contributed by atoms with Gasteiger partial charge in [0, 0.05) is 36.5 Å². The minimum absolute atomic E-state index is 0.116. The molecular formula is C19H22N4O6S. The lowest BCUT2D eigenvalue weighted by Gasteiger charge is -2.18. The lowest BCUT2D eigenvalue weighted by molar-refractivity contribution is -0.384. The van der Waals surface area contributed by atoms with Crippen LogP contribution in [0.15, 0.2) is 36.4 Å². The molecule has 0 saturated carbocycles. The first-order valence-electron chi connectivity index (χ1n) is 9.18. The van der Waals surface area contributed by atoms with E-state index in [0.717, 1.165) is 32.2 Å². The molecule has 0 radical (unpaired) electrons. The number of benzene rings is 2.